The number of rotatable bonds is 7. The number of nitrogens with two attached hydrogens (primary N) is 1. The number of nitrogens with zero attached hydrogens (tertiary/aromatic N) is 1. The lowest BCUT2D eigenvalue weighted by Gasteiger charge is -2.20. The van der Waals surface area contributed by atoms with Crippen LogP contribution in [0, 0.1) is 0 Å². The maximum absolute atomic E-state index is 11.9. The minimum atomic E-state index is -0.0907. The summed E-state index contributed by atoms with van der Waals surface area (Å²) in [5, 5.41) is 3.45. The number of carbonyl (C=O) groups excluding carboxylic acids is 1. The second-order valence-electron chi connectivity index (χ2n) is 4.23. The quantitative estimate of drug-likeness (QED) is 0.758. The van der Waals surface area contributed by atoms with Gasteiger partial charge in [-0.3, -0.25) is 9.69 Å². The molecule has 0 heterocycles. The van der Waals surface area contributed by atoms with Gasteiger partial charge in [-0.15, -0.1) is 0 Å². The topological polar surface area (TPSA) is 58.4 Å². The lowest BCUT2D eigenvalue weighted by atomic mass is 10.3. The minimum absolute atomic E-state index is 0.0907. The summed E-state index contributed by atoms with van der Waals surface area (Å²) in [7, 11) is 0. The summed E-state index contributed by atoms with van der Waals surface area (Å²) in [5.74, 6) is -0.0907. The molecule has 0 aromatic heterocycles. The van der Waals surface area contributed by atoms with E-state index in [0.717, 1.165) is 18.7 Å². The summed E-state index contributed by atoms with van der Waals surface area (Å²) in [4.78, 5) is 14.2. The monoisotopic (exact) mass is 299 g/mol. The summed E-state index contributed by atoms with van der Waals surface area (Å²) < 4.78 is 0. The zero-order valence-electron chi connectivity index (χ0n) is 10.9. The second kappa shape index (κ2) is 8.09. The average molecular weight is 300 g/mol. The Morgan fingerprint density at radius 2 is 2.00 bits per heavy atom. The zero-order chi connectivity index (χ0) is 14.3. The largest absolute Gasteiger partial charge is 0.392 e. The molecule has 3 N–H and O–H groups in total. The number of carbonyl (C=O) groups is 1. The van der Waals surface area contributed by atoms with Gasteiger partial charge in [0.2, 0.25) is 5.91 Å². The Kier molecular flexibility index (Phi) is 6.77. The van der Waals surface area contributed by atoms with Crippen molar-refractivity contribution >= 4 is 40.4 Å². The zero-order valence-corrected chi connectivity index (χ0v) is 12.4. The van der Waals surface area contributed by atoms with Crippen molar-refractivity contribution in [3.8, 4) is 0 Å². The predicted octanol–water partition coefficient (Wildman–Crippen LogP) is 2.28. The Balaban J connectivity index is 2.52. The molecule has 6 heteroatoms. The van der Waals surface area contributed by atoms with E-state index < -0.39 is 0 Å². The average Bonchev–Trinajstić information content (AvgIpc) is 2.31. The summed E-state index contributed by atoms with van der Waals surface area (Å²) >= 11 is 10.7. The highest BCUT2D eigenvalue weighted by molar-refractivity contribution is 7.80. The van der Waals surface area contributed by atoms with E-state index in [1.165, 1.54) is 0 Å². The molecular formula is C13H18ClN3OS. The van der Waals surface area contributed by atoms with Crippen molar-refractivity contribution in [2.45, 2.75) is 13.3 Å². The van der Waals surface area contributed by atoms with E-state index in [0.29, 0.717) is 16.6 Å². The van der Waals surface area contributed by atoms with Crippen molar-refractivity contribution in [1.82, 2.24) is 4.90 Å². The summed E-state index contributed by atoms with van der Waals surface area (Å²) in [6.07, 6.45) is 0.941. The minimum Gasteiger partial charge on any atom is -0.392 e. The molecule has 1 aromatic rings. The third-order valence-electron chi connectivity index (χ3n) is 2.41. The molecule has 0 atom stereocenters. The van der Waals surface area contributed by atoms with Crippen LogP contribution < -0.4 is 11.1 Å². The van der Waals surface area contributed by atoms with E-state index in [1.807, 2.05) is 11.8 Å². The molecule has 0 fully saturated rings. The fraction of sp³-hybridized carbons (Fsp3) is 0.385. The molecule has 0 aliphatic heterocycles. The maximum Gasteiger partial charge on any atom is 0.238 e. The standard InChI is InChI=1S/C13H18ClN3OS/c1-2-7-17(8-12(15)19)9-13(18)16-11-5-3-10(14)4-6-11/h3-6H,2,7-9H2,1H3,(H2,15,19)(H,16,18). The van der Waals surface area contributed by atoms with Gasteiger partial charge in [-0.1, -0.05) is 30.7 Å². The van der Waals surface area contributed by atoms with E-state index in [9.17, 15) is 4.79 Å². The number of nitrogens with one attached hydrogen (secondary N) is 1. The first-order chi connectivity index (χ1) is 9.01. The molecule has 4 nitrogen and oxygen atoms in total. The van der Waals surface area contributed by atoms with Gasteiger partial charge in [-0.2, -0.15) is 0 Å². The van der Waals surface area contributed by atoms with Gasteiger partial charge in [0, 0.05) is 17.3 Å². The van der Waals surface area contributed by atoms with Gasteiger partial charge in [0.25, 0.3) is 0 Å². The van der Waals surface area contributed by atoms with Gasteiger partial charge in [0.05, 0.1) is 11.5 Å². The highest BCUT2D eigenvalue weighted by Gasteiger charge is 2.11. The molecule has 1 aromatic carbocycles. The van der Waals surface area contributed by atoms with Crippen LogP contribution >= 0.6 is 23.8 Å². The molecular weight excluding hydrogens is 282 g/mol. The normalized spacial score (nSPS) is 10.5. The molecule has 0 spiro atoms. The first-order valence-corrected chi connectivity index (χ1v) is 6.86. The molecule has 0 saturated heterocycles. The van der Waals surface area contributed by atoms with Crippen LogP contribution in [0.15, 0.2) is 24.3 Å². The van der Waals surface area contributed by atoms with Gasteiger partial charge >= 0.3 is 0 Å². The van der Waals surface area contributed by atoms with E-state index in [2.05, 4.69) is 5.32 Å². The van der Waals surface area contributed by atoms with E-state index in [1.54, 1.807) is 24.3 Å². The smallest absolute Gasteiger partial charge is 0.238 e. The second-order valence-corrected chi connectivity index (χ2v) is 5.19. The molecule has 104 valence electrons. The van der Waals surface area contributed by atoms with Crippen molar-refractivity contribution in [3.05, 3.63) is 29.3 Å². The van der Waals surface area contributed by atoms with Crippen LogP contribution in [0.25, 0.3) is 0 Å². The van der Waals surface area contributed by atoms with Gasteiger partial charge in [0.15, 0.2) is 0 Å². The molecule has 1 amide bonds. The maximum atomic E-state index is 11.9. The van der Waals surface area contributed by atoms with Crippen LogP contribution in [-0.2, 0) is 4.79 Å². The molecule has 0 radical (unpaired) electrons. The van der Waals surface area contributed by atoms with Crippen LogP contribution in [0.3, 0.4) is 0 Å². The number of benzene rings is 1. The molecule has 19 heavy (non-hydrogen) atoms. The van der Waals surface area contributed by atoms with Crippen LogP contribution in [0.4, 0.5) is 5.69 Å². The van der Waals surface area contributed by atoms with Gasteiger partial charge in [-0.25, -0.2) is 0 Å². The van der Waals surface area contributed by atoms with Crippen molar-refractivity contribution < 1.29 is 4.79 Å². The Bertz CT molecular complexity index is 436. The molecule has 0 bridgehead atoms. The predicted molar refractivity (Wildman–Crippen MR) is 83.6 cm³/mol. The molecule has 1 rings (SSSR count). The number of amides is 1. The summed E-state index contributed by atoms with van der Waals surface area (Å²) in [6.45, 7) is 3.56. The number of hydrogen-bond acceptors (Lipinski definition) is 3. The Morgan fingerprint density at radius 1 is 1.37 bits per heavy atom. The summed E-state index contributed by atoms with van der Waals surface area (Å²) in [6, 6.07) is 6.99. The number of anilines is 1. The van der Waals surface area contributed by atoms with E-state index in [4.69, 9.17) is 29.6 Å². The first kappa shape index (κ1) is 15.9. The molecule has 0 unspecified atom stereocenters. The van der Waals surface area contributed by atoms with Crippen LogP contribution in [-0.4, -0.2) is 35.4 Å². The number of halogens is 1. The fourth-order valence-corrected chi connectivity index (χ4v) is 2.00. The van der Waals surface area contributed by atoms with E-state index in [-0.39, 0.29) is 12.5 Å². The Labute approximate surface area is 123 Å². The van der Waals surface area contributed by atoms with Crippen molar-refractivity contribution in [2.24, 2.45) is 5.73 Å². The van der Waals surface area contributed by atoms with Crippen molar-refractivity contribution in [3.63, 3.8) is 0 Å². The molecule has 0 aliphatic carbocycles. The van der Waals surface area contributed by atoms with Crippen LogP contribution in [0.5, 0.6) is 0 Å². The lowest BCUT2D eigenvalue weighted by Crippen LogP contribution is -2.39. The summed E-state index contributed by atoms with van der Waals surface area (Å²) in [5.41, 5.74) is 6.24. The highest BCUT2D eigenvalue weighted by atomic mass is 35.5. The van der Waals surface area contributed by atoms with Gasteiger partial charge < -0.3 is 11.1 Å². The SMILES string of the molecule is CCCN(CC(=O)Nc1ccc(Cl)cc1)CC(N)=S. The number of hydrogen-bond donors (Lipinski definition) is 2. The fourth-order valence-electron chi connectivity index (χ4n) is 1.69. The van der Waals surface area contributed by atoms with Crippen molar-refractivity contribution in [2.75, 3.05) is 25.0 Å². The highest BCUT2D eigenvalue weighted by Crippen LogP contribution is 2.13. The molecule has 0 saturated carbocycles. The number of thiocarbonyl (C=S) groups is 1. The van der Waals surface area contributed by atoms with E-state index >= 15 is 0 Å². The van der Waals surface area contributed by atoms with Gasteiger partial charge in [0.1, 0.15) is 0 Å². The van der Waals surface area contributed by atoms with Gasteiger partial charge in [-0.05, 0) is 37.2 Å². The molecule has 0 aliphatic rings. The lowest BCUT2D eigenvalue weighted by molar-refractivity contribution is -0.117. The third-order valence-corrected chi connectivity index (χ3v) is 2.80. The van der Waals surface area contributed by atoms with Crippen molar-refractivity contribution in [1.29, 1.82) is 0 Å². The Morgan fingerprint density at radius 3 is 2.53 bits per heavy atom. The van der Waals surface area contributed by atoms with Crippen LogP contribution in [0.2, 0.25) is 5.02 Å². The Hall–Kier alpha value is -1.17. The van der Waals surface area contributed by atoms with Crippen LogP contribution in [0.1, 0.15) is 13.3 Å². The third kappa shape index (κ3) is 6.52. The first-order valence-electron chi connectivity index (χ1n) is 6.07.